The molecule has 1 aliphatic rings. The Morgan fingerprint density at radius 2 is 2.00 bits per heavy atom. The average molecular weight is 334 g/mol. The first-order valence-electron chi connectivity index (χ1n) is 5.94. The Hall–Kier alpha value is -0.430. The SMILES string of the molecule is O=S(=O)(c1ccccc1Br)N(CCO)C1CCC1. The van der Waals surface area contributed by atoms with Gasteiger partial charge in [0.25, 0.3) is 0 Å². The van der Waals surface area contributed by atoms with Gasteiger partial charge in [0, 0.05) is 17.1 Å². The lowest BCUT2D eigenvalue weighted by molar-refractivity contribution is 0.178. The van der Waals surface area contributed by atoms with Crippen LogP contribution >= 0.6 is 15.9 Å². The molecule has 0 amide bonds. The van der Waals surface area contributed by atoms with E-state index in [0.717, 1.165) is 19.3 Å². The second kappa shape index (κ2) is 5.69. The van der Waals surface area contributed by atoms with E-state index in [0.29, 0.717) is 4.47 Å². The molecule has 0 aliphatic heterocycles. The highest BCUT2D eigenvalue weighted by atomic mass is 79.9. The summed E-state index contributed by atoms with van der Waals surface area (Å²) >= 11 is 3.27. The fraction of sp³-hybridized carbons (Fsp3) is 0.500. The van der Waals surface area contributed by atoms with Gasteiger partial charge in [-0.3, -0.25) is 0 Å². The zero-order valence-corrected chi connectivity index (χ0v) is 12.3. The van der Waals surface area contributed by atoms with Crippen molar-refractivity contribution >= 4 is 26.0 Å². The molecule has 0 atom stereocenters. The van der Waals surface area contributed by atoms with Crippen LogP contribution < -0.4 is 0 Å². The molecule has 1 aromatic carbocycles. The van der Waals surface area contributed by atoms with Gasteiger partial charge in [-0.2, -0.15) is 4.31 Å². The van der Waals surface area contributed by atoms with Crippen LogP contribution in [0.15, 0.2) is 33.6 Å². The topological polar surface area (TPSA) is 57.6 Å². The molecule has 100 valence electrons. The highest BCUT2D eigenvalue weighted by Gasteiger charge is 2.35. The summed E-state index contributed by atoms with van der Waals surface area (Å²) in [6.45, 7) is 0.00845. The Morgan fingerprint density at radius 1 is 1.33 bits per heavy atom. The average Bonchev–Trinajstić information content (AvgIpc) is 2.26. The van der Waals surface area contributed by atoms with Gasteiger partial charge in [0.1, 0.15) is 0 Å². The summed E-state index contributed by atoms with van der Waals surface area (Å²) in [5, 5.41) is 9.07. The summed E-state index contributed by atoms with van der Waals surface area (Å²) < 4.78 is 27.1. The third kappa shape index (κ3) is 2.61. The maximum absolute atomic E-state index is 12.6. The standard InChI is InChI=1S/C12H16BrNO3S/c13-11-6-1-2-7-12(11)18(16,17)14(8-9-15)10-4-3-5-10/h1-2,6-7,10,15H,3-5,8-9H2. The van der Waals surface area contributed by atoms with Crippen molar-refractivity contribution < 1.29 is 13.5 Å². The molecule has 4 nitrogen and oxygen atoms in total. The maximum atomic E-state index is 12.6. The van der Waals surface area contributed by atoms with E-state index in [2.05, 4.69) is 15.9 Å². The van der Waals surface area contributed by atoms with Crippen molar-refractivity contribution in [1.29, 1.82) is 0 Å². The molecule has 0 aromatic heterocycles. The van der Waals surface area contributed by atoms with Crippen LogP contribution in [-0.2, 0) is 10.0 Å². The predicted molar refractivity (Wildman–Crippen MR) is 72.8 cm³/mol. The zero-order chi connectivity index (χ0) is 13.2. The van der Waals surface area contributed by atoms with Gasteiger partial charge in [-0.25, -0.2) is 8.42 Å². The van der Waals surface area contributed by atoms with Crippen molar-refractivity contribution in [1.82, 2.24) is 4.31 Å². The fourth-order valence-corrected chi connectivity index (χ4v) is 4.69. The monoisotopic (exact) mass is 333 g/mol. The lowest BCUT2D eigenvalue weighted by Crippen LogP contribution is -2.45. The number of nitrogens with zero attached hydrogens (tertiary/aromatic N) is 1. The van der Waals surface area contributed by atoms with E-state index in [1.54, 1.807) is 24.3 Å². The van der Waals surface area contributed by atoms with Crippen molar-refractivity contribution in [3.8, 4) is 0 Å². The van der Waals surface area contributed by atoms with Crippen LogP contribution in [-0.4, -0.2) is 37.0 Å². The minimum absolute atomic E-state index is 0.0363. The summed E-state index contributed by atoms with van der Waals surface area (Å²) in [7, 11) is -3.53. The zero-order valence-electron chi connectivity index (χ0n) is 9.92. The first kappa shape index (κ1) is 14.0. The van der Waals surface area contributed by atoms with Gasteiger partial charge >= 0.3 is 0 Å². The number of sulfonamides is 1. The molecule has 1 aliphatic carbocycles. The van der Waals surface area contributed by atoms with Crippen LogP contribution in [0, 0.1) is 0 Å². The Balaban J connectivity index is 2.36. The van der Waals surface area contributed by atoms with E-state index in [-0.39, 0.29) is 24.1 Å². The molecule has 1 aromatic rings. The normalized spacial score (nSPS) is 16.8. The van der Waals surface area contributed by atoms with Crippen molar-refractivity contribution in [3.05, 3.63) is 28.7 Å². The smallest absolute Gasteiger partial charge is 0.244 e. The Labute approximate surface area is 116 Å². The minimum Gasteiger partial charge on any atom is -0.395 e. The molecule has 0 saturated heterocycles. The number of benzene rings is 1. The summed E-state index contributed by atoms with van der Waals surface area (Å²) in [6.07, 6.45) is 2.81. The Kier molecular flexibility index (Phi) is 4.42. The highest BCUT2D eigenvalue weighted by molar-refractivity contribution is 9.10. The molecular weight excluding hydrogens is 318 g/mol. The van der Waals surface area contributed by atoms with E-state index in [1.165, 1.54) is 4.31 Å². The van der Waals surface area contributed by atoms with E-state index in [4.69, 9.17) is 5.11 Å². The molecule has 0 heterocycles. The molecule has 18 heavy (non-hydrogen) atoms. The molecule has 0 bridgehead atoms. The van der Waals surface area contributed by atoms with E-state index >= 15 is 0 Å². The van der Waals surface area contributed by atoms with Gasteiger partial charge in [0.15, 0.2) is 0 Å². The molecule has 1 fully saturated rings. The summed E-state index contributed by atoms with van der Waals surface area (Å²) in [5.74, 6) is 0. The summed E-state index contributed by atoms with van der Waals surface area (Å²) in [4.78, 5) is 0.269. The number of aliphatic hydroxyl groups excluding tert-OH is 1. The summed E-state index contributed by atoms with van der Waals surface area (Å²) in [6, 6.07) is 6.82. The number of rotatable bonds is 5. The van der Waals surface area contributed by atoms with Crippen LogP contribution in [0.2, 0.25) is 0 Å². The third-order valence-corrected chi connectivity index (χ3v) is 6.19. The third-order valence-electron chi connectivity index (χ3n) is 3.23. The molecule has 0 radical (unpaired) electrons. The quantitative estimate of drug-likeness (QED) is 0.896. The van der Waals surface area contributed by atoms with Crippen molar-refractivity contribution in [2.75, 3.05) is 13.2 Å². The lowest BCUT2D eigenvalue weighted by Gasteiger charge is -2.36. The first-order chi connectivity index (χ1) is 8.57. The first-order valence-corrected chi connectivity index (χ1v) is 8.18. The van der Waals surface area contributed by atoms with Crippen molar-refractivity contribution in [3.63, 3.8) is 0 Å². The summed E-state index contributed by atoms with van der Waals surface area (Å²) in [5.41, 5.74) is 0. The molecule has 2 rings (SSSR count). The van der Waals surface area contributed by atoms with Gasteiger partial charge in [0.2, 0.25) is 10.0 Å². The molecule has 0 unspecified atom stereocenters. The van der Waals surface area contributed by atoms with Gasteiger partial charge in [0.05, 0.1) is 11.5 Å². The van der Waals surface area contributed by atoms with Crippen molar-refractivity contribution in [2.24, 2.45) is 0 Å². The van der Waals surface area contributed by atoms with Crippen LogP contribution in [0.25, 0.3) is 0 Å². The number of halogens is 1. The Morgan fingerprint density at radius 3 is 2.50 bits per heavy atom. The maximum Gasteiger partial charge on any atom is 0.244 e. The van der Waals surface area contributed by atoms with Crippen LogP contribution in [0.3, 0.4) is 0 Å². The molecule has 6 heteroatoms. The molecule has 1 N–H and O–H groups in total. The number of aliphatic hydroxyl groups is 1. The van der Waals surface area contributed by atoms with Gasteiger partial charge in [-0.05, 0) is 40.9 Å². The van der Waals surface area contributed by atoms with Crippen LogP contribution in [0.4, 0.5) is 0 Å². The van der Waals surface area contributed by atoms with E-state index in [9.17, 15) is 8.42 Å². The molecule has 1 saturated carbocycles. The number of hydrogen-bond acceptors (Lipinski definition) is 3. The van der Waals surface area contributed by atoms with E-state index < -0.39 is 10.0 Å². The van der Waals surface area contributed by atoms with Gasteiger partial charge in [-0.15, -0.1) is 0 Å². The van der Waals surface area contributed by atoms with Crippen molar-refractivity contribution in [2.45, 2.75) is 30.2 Å². The highest BCUT2D eigenvalue weighted by Crippen LogP contribution is 2.32. The van der Waals surface area contributed by atoms with E-state index in [1.807, 2.05) is 0 Å². The largest absolute Gasteiger partial charge is 0.395 e. The predicted octanol–water partition coefficient (Wildman–Crippen LogP) is 1.98. The molecular formula is C12H16BrNO3S. The number of hydrogen-bond donors (Lipinski definition) is 1. The Bertz CT molecular complexity index is 514. The second-order valence-electron chi connectivity index (χ2n) is 4.35. The lowest BCUT2D eigenvalue weighted by atomic mass is 9.93. The molecule has 0 spiro atoms. The van der Waals surface area contributed by atoms with Gasteiger partial charge < -0.3 is 5.11 Å². The fourth-order valence-electron chi connectivity index (χ4n) is 2.05. The van der Waals surface area contributed by atoms with Gasteiger partial charge in [-0.1, -0.05) is 18.6 Å². The van der Waals surface area contributed by atoms with Crippen LogP contribution in [0.1, 0.15) is 19.3 Å². The minimum atomic E-state index is -3.53. The second-order valence-corrected chi connectivity index (χ2v) is 7.07. The van der Waals surface area contributed by atoms with Crippen LogP contribution in [0.5, 0.6) is 0 Å².